The van der Waals surface area contributed by atoms with Crippen LogP contribution in [-0.2, 0) is 14.3 Å². The van der Waals surface area contributed by atoms with E-state index < -0.39 is 17.7 Å². The van der Waals surface area contributed by atoms with Crippen LogP contribution >= 0.6 is 0 Å². The van der Waals surface area contributed by atoms with Crippen LogP contribution in [0.5, 0.6) is 11.5 Å². The van der Waals surface area contributed by atoms with Gasteiger partial charge in [0.1, 0.15) is 17.3 Å². The summed E-state index contributed by atoms with van der Waals surface area (Å²) in [5, 5.41) is 20.9. The van der Waals surface area contributed by atoms with Crippen molar-refractivity contribution in [2.24, 2.45) is 0 Å². The highest BCUT2D eigenvalue weighted by molar-refractivity contribution is 6.46. The largest absolute Gasteiger partial charge is 0.508 e. The Morgan fingerprint density at radius 3 is 2.29 bits per heavy atom. The summed E-state index contributed by atoms with van der Waals surface area (Å²) in [6, 6.07) is 12.4. The highest BCUT2D eigenvalue weighted by Crippen LogP contribution is 2.40. The average Bonchev–Trinajstić information content (AvgIpc) is 3.10. The van der Waals surface area contributed by atoms with Gasteiger partial charge in [-0.3, -0.25) is 9.59 Å². The van der Waals surface area contributed by atoms with E-state index in [1.54, 1.807) is 36.4 Å². The predicted molar refractivity (Wildman–Crippen MR) is 134 cm³/mol. The van der Waals surface area contributed by atoms with Gasteiger partial charge >= 0.3 is 0 Å². The number of ether oxygens (including phenoxy) is 2. The summed E-state index contributed by atoms with van der Waals surface area (Å²) in [5.74, 6) is -0.876. The first-order valence-electron chi connectivity index (χ1n) is 12.3. The van der Waals surface area contributed by atoms with Crippen LogP contribution in [0.2, 0.25) is 0 Å². The van der Waals surface area contributed by atoms with E-state index in [0.717, 1.165) is 19.3 Å². The van der Waals surface area contributed by atoms with Crippen LogP contribution in [0.4, 0.5) is 0 Å². The van der Waals surface area contributed by atoms with Gasteiger partial charge in [0, 0.05) is 18.7 Å². The maximum atomic E-state index is 13.1. The molecule has 0 spiro atoms. The summed E-state index contributed by atoms with van der Waals surface area (Å²) < 4.78 is 11.3. The third-order valence-corrected chi connectivity index (χ3v) is 5.89. The minimum atomic E-state index is -0.764. The average molecular weight is 482 g/mol. The number of hydrogen-bond acceptors (Lipinski definition) is 6. The van der Waals surface area contributed by atoms with E-state index in [2.05, 4.69) is 6.92 Å². The van der Waals surface area contributed by atoms with Crippen LogP contribution in [-0.4, -0.2) is 52.7 Å². The van der Waals surface area contributed by atoms with Crippen molar-refractivity contribution in [2.45, 2.75) is 58.6 Å². The number of ketones is 1. The molecule has 188 valence electrons. The Bertz CT molecular complexity index is 1030. The van der Waals surface area contributed by atoms with Gasteiger partial charge in [0.05, 0.1) is 24.3 Å². The van der Waals surface area contributed by atoms with Crippen molar-refractivity contribution < 1.29 is 29.3 Å². The number of aliphatic hydroxyl groups is 1. The van der Waals surface area contributed by atoms with E-state index in [9.17, 15) is 19.8 Å². The fourth-order valence-corrected chi connectivity index (χ4v) is 4.07. The van der Waals surface area contributed by atoms with Crippen molar-refractivity contribution in [3.05, 3.63) is 65.2 Å². The Balaban J connectivity index is 1.90. The zero-order valence-corrected chi connectivity index (χ0v) is 20.7. The number of benzene rings is 2. The number of Topliss-reactive ketones (excluding diaryl/α,β-unsaturated/α-hetero) is 1. The van der Waals surface area contributed by atoms with Crippen molar-refractivity contribution in [3.63, 3.8) is 0 Å². The highest BCUT2D eigenvalue weighted by Gasteiger charge is 2.45. The summed E-state index contributed by atoms with van der Waals surface area (Å²) in [4.78, 5) is 27.5. The molecular formula is C28H35NO6. The van der Waals surface area contributed by atoms with E-state index in [-0.39, 0.29) is 23.2 Å². The van der Waals surface area contributed by atoms with Crippen molar-refractivity contribution in [1.29, 1.82) is 0 Å². The number of nitrogens with zero attached hydrogens (tertiary/aromatic N) is 1. The van der Waals surface area contributed by atoms with Gasteiger partial charge in [0.2, 0.25) is 0 Å². The molecule has 0 radical (unpaired) electrons. The molecule has 0 saturated carbocycles. The van der Waals surface area contributed by atoms with E-state index >= 15 is 0 Å². The second kappa shape index (κ2) is 12.4. The molecule has 2 aromatic rings. The molecule has 1 amide bonds. The number of carbonyl (C=O) groups excluding carboxylic acids is 2. The molecule has 35 heavy (non-hydrogen) atoms. The molecule has 7 heteroatoms. The summed E-state index contributed by atoms with van der Waals surface area (Å²) in [6.45, 7) is 7.36. The van der Waals surface area contributed by atoms with E-state index in [1.165, 1.54) is 17.0 Å². The van der Waals surface area contributed by atoms with E-state index in [4.69, 9.17) is 9.47 Å². The first kappa shape index (κ1) is 26.3. The predicted octanol–water partition coefficient (Wildman–Crippen LogP) is 5.20. The Kier molecular flexibility index (Phi) is 9.32. The third-order valence-electron chi connectivity index (χ3n) is 5.89. The minimum Gasteiger partial charge on any atom is -0.508 e. The van der Waals surface area contributed by atoms with Gasteiger partial charge in [0.15, 0.2) is 0 Å². The van der Waals surface area contributed by atoms with Gasteiger partial charge in [-0.2, -0.15) is 0 Å². The highest BCUT2D eigenvalue weighted by atomic mass is 16.5. The Morgan fingerprint density at radius 1 is 0.971 bits per heavy atom. The lowest BCUT2D eigenvalue weighted by Gasteiger charge is -2.25. The number of phenolic OH excluding ortho intramolecular Hbond substituents is 1. The summed E-state index contributed by atoms with van der Waals surface area (Å²) in [6.07, 6.45) is 3.79. The molecule has 1 aliphatic rings. The Labute approximate surface area is 207 Å². The van der Waals surface area contributed by atoms with Gasteiger partial charge in [-0.1, -0.05) is 31.9 Å². The number of hydrogen-bond donors (Lipinski definition) is 2. The SMILES string of the molecule is CCCCCOc1ccc(/C(O)=C2/C(=O)C(=O)N(CCCOC(C)C)C2c2ccc(O)cc2)cc1. The molecule has 1 heterocycles. The van der Waals surface area contributed by atoms with Crippen LogP contribution in [0.15, 0.2) is 54.1 Å². The lowest BCUT2D eigenvalue weighted by atomic mass is 9.95. The first-order chi connectivity index (χ1) is 16.8. The number of unbranched alkanes of at least 4 members (excludes halogenated alkanes) is 2. The van der Waals surface area contributed by atoms with Crippen LogP contribution in [0.3, 0.4) is 0 Å². The third kappa shape index (κ3) is 6.63. The van der Waals surface area contributed by atoms with E-state index in [1.807, 2.05) is 13.8 Å². The number of amides is 1. The Hall–Kier alpha value is -3.32. The fraction of sp³-hybridized carbons (Fsp3) is 0.429. The number of phenols is 1. The zero-order chi connectivity index (χ0) is 25.4. The van der Waals surface area contributed by atoms with E-state index in [0.29, 0.717) is 43.1 Å². The number of aliphatic hydroxyl groups excluding tert-OH is 1. The van der Waals surface area contributed by atoms with Gasteiger partial charge < -0.3 is 24.6 Å². The van der Waals surface area contributed by atoms with Crippen molar-refractivity contribution in [3.8, 4) is 11.5 Å². The smallest absolute Gasteiger partial charge is 0.295 e. The summed E-state index contributed by atoms with van der Waals surface area (Å²) >= 11 is 0. The summed E-state index contributed by atoms with van der Waals surface area (Å²) in [7, 11) is 0. The van der Waals surface area contributed by atoms with Crippen LogP contribution in [0.25, 0.3) is 5.76 Å². The number of likely N-dealkylation sites (tertiary alicyclic amines) is 1. The molecule has 1 unspecified atom stereocenters. The maximum absolute atomic E-state index is 13.1. The molecule has 1 fully saturated rings. The monoisotopic (exact) mass is 481 g/mol. The lowest BCUT2D eigenvalue weighted by Crippen LogP contribution is -2.31. The molecule has 1 aliphatic heterocycles. The maximum Gasteiger partial charge on any atom is 0.295 e. The second-order valence-electron chi connectivity index (χ2n) is 8.94. The quantitative estimate of drug-likeness (QED) is 0.187. The minimum absolute atomic E-state index is 0.0297. The molecule has 1 atom stereocenters. The fourth-order valence-electron chi connectivity index (χ4n) is 4.07. The molecule has 0 aliphatic carbocycles. The van der Waals surface area contributed by atoms with Crippen LogP contribution in [0, 0.1) is 0 Å². The van der Waals surface area contributed by atoms with Crippen LogP contribution in [0.1, 0.15) is 63.6 Å². The van der Waals surface area contributed by atoms with Crippen LogP contribution < -0.4 is 4.74 Å². The van der Waals surface area contributed by atoms with Gasteiger partial charge in [0.25, 0.3) is 11.7 Å². The molecule has 3 rings (SSSR count). The second-order valence-corrected chi connectivity index (χ2v) is 8.94. The number of rotatable bonds is 12. The topological polar surface area (TPSA) is 96.3 Å². The van der Waals surface area contributed by atoms with Crippen molar-refractivity contribution >= 4 is 17.4 Å². The lowest BCUT2D eigenvalue weighted by molar-refractivity contribution is -0.140. The normalized spacial score (nSPS) is 17.4. The Morgan fingerprint density at radius 2 is 1.66 bits per heavy atom. The van der Waals surface area contributed by atoms with Crippen molar-refractivity contribution in [1.82, 2.24) is 4.90 Å². The van der Waals surface area contributed by atoms with Gasteiger partial charge in [-0.05, 0) is 68.7 Å². The first-order valence-corrected chi connectivity index (χ1v) is 12.3. The molecule has 2 aromatic carbocycles. The standard InChI is InChI=1S/C28H35NO6/c1-4-5-6-17-35-23-14-10-21(11-15-23)26(31)24-25(20-8-12-22(30)13-9-20)29(28(33)27(24)32)16-7-18-34-19(2)3/h8-15,19,25,30-31H,4-7,16-18H2,1-3H3/b26-24-. The van der Waals surface area contributed by atoms with Gasteiger partial charge in [-0.25, -0.2) is 0 Å². The zero-order valence-electron chi connectivity index (χ0n) is 20.7. The summed E-state index contributed by atoms with van der Waals surface area (Å²) in [5.41, 5.74) is 1.09. The van der Waals surface area contributed by atoms with Gasteiger partial charge in [-0.15, -0.1) is 0 Å². The molecule has 0 bridgehead atoms. The molecule has 1 saturated heterocycles. The number of carbonyl (C=O) groups is 2. The molecular weight excluding hydrogens is 446 g/mol. The molecule has 0 aromatic heterocycles. The molecule has 7 nitrogen and oxygen atoms in total. The molecule has 2 N–H and O–H groups in total. The van der Waals surface area contributed by atoms with Crippen molar-refractivity contribution in [2.75, 3.05) is 19.8 Å². The number of aromatic hydroxyl groups is 1.